The van der Waals surface area contributed by atoms with Crippen LogP contribution in [-0.4, -0.2) is 37.4 Å². The van der Waals surface area contributed by atoms with Gasteiger partial charge in [0.2, 0.25) is 0 Å². The Balaban J connectivity index is 2.20. The molecule has 0 amide bonds. The molecule has 1 spiro atoms. The zero-order valence-corrected chi connectivity index (χ0v) is 14.0. The second-order valence-corrected chi connectivity index (χ2v) is 6.37. The Morgan fingerprint density at radius 1 is 1.27 bits per heavy atom. The first-order valence-electron chi connectivity index (χ1n) is 8.27. The number of fused-ring (bicyclic) bond motifs is 2. The van der Waals surface area contributed by atoms with E-state index in [1.807, 2.05) is 0 Å². The molecule has 0 aromatic heterocycles. The van der Waals surface area contributed by atoms with Crippen LogP contribution in [-0.2, 0) is 30.7 Å². The van der Waals surface area contributed by atoms with Crippen LogP contribution < -0.4 is 0 Å². The number of esters is 1. The lowest BCUT2D eigenvalue weighted by Crippen LogP contribution is -2.53. The molecule has 8 heteroatoms. The summed E-state index contributed by atoms with van der Waals surface area (Å²) in [7, 11) is 0. The van der Waals surface area contributed by atoms with Crippen LogP contribution in [0.3, 0.4) is 0 Å². The van der Waals surface area contributed by atoms with Gasteiger partial charge in [0.25, 0.3) is 0 Å². The van der Waals surface area contributed by atoms with E-state index in [1.54, 1.807) is 6.92 Å². The van der Waals surface area contributed by atoms with Gasteiger partial charge in [0, 0.05) is 18.8 Å². The van der Waals surface area contributed by atoms with E-state index in [1.165, 1.54) is 0 Å². The van der Waals surface area contributed by atoms with Crippen LogP contribution in [0.1, 0.15) is 41.3 Å². The lowest BCUT2D eigenvalue weighted by Gasteiger charge is -2.42. The van der Waals surface area contributed by atoms with Gasteiger partial charge >= 0.3 is 12.1 Å². The number of benzene rings is 1. The van der Waals surface area contributed by atoms with Crippen LogP contribution >= 0.6 is 0 Å². The van der Waals surface area contributed by atoms with Gasteiger partial charge in [0.1, 0.15) is 0 Å². The highest BCUT2D eigenvalue weighted by atomic mass is 19.4. The Morgan fingerprint density at radius 2 is 1.92 bits per heavy atom. The summed E-state index contributed by atoms with van der Waals surface area (Å²) in [6, 6.07) is 2.70. The second kappa shape index (κ2) is 6.50. The summed E-state index contributed by atoms with van der Waals surface area (Å²) in [6.07, 6.45) is -4.38. The van der Waals surface area contributed by atoms with Crippen molar-refractivity contribution in [2.45, 2.75) is 31.4 Å². The van der Waals surface area contributed by atoms with Crippen LogP contribution in [0, 0.1) is 5.92 Å². The Bertz CT molecular complexity index is 763. The molecule has 1 atom stereocenters. The van der Waals surface area contributed by atoms with E-state index in [-0.39, 0.29) is 43.8 Å². The third-order valence-electron chi connectivity index (χ3n) is 4.99. The number of hydrogen-bond donors (Lipinski definition) is 0. The number of ether oxygens (including phenoxy) is 2. The molecule has 0 N–H and O–H groups in total. The van der Waals surface area contributed by atoms with E-state index < -0.39 is 40.6 Å². The molecule has 0 radical (unpaired) electrons. The van der Waals surface area contributed by atoms with Gasteiger partial charge in [-0.15, -0.1) is 0 Å². The molecule has 3 rings (SSSR count). The van der Waals surface area contributed by atoms with Crippen molar-refractivity contribution in [2.24, 2.45) is 5.92 Å². The van der Waals surface area contributed by atoms with Crippen LogP contribution in [0.25, 0.3) is 0 Å². The number of ketones is 2. The minimum Gasteiger partial charge on any atom is -0.465 e. The first kappa shape index (κ1) is 18.6. The largest absolute Gasteiger partial charge is 0.465 e. The van der Waals surface area contributed by atoms with Gasteiger partial charge in [0.05, 0.1) is 17.6 Å². The van der Waals surface area contributed by atoms with Crippen molar-refractivity contribution in [1.82, 2.24) is 0 Å². The molecule has 1 aliphatic carbocycles. The zero-order chi connectivity index (χ0) is 19.1. The molecule has 1 heterocycles. The van der Waals surface area contributed by atoms with Gasteiger partial charge in [-0.2, -0.15) is 13.2 Å². The molecular formula is C18H17F3O5. The average molecular weight is 370 g/mol. The second-order valence-electron chi connectivity index (χ2n) is 6.37. The normalized spacial score (nSPS) is 22.2. The van der Waals surface area contributed by atoms with Gasteiger partial charge in [-0.3, -0.25) is 14.4 Å². The lowest BCUT2D eigenvalue weighted by atomic mass is 9.61. The van der Waals surface area contributed by atoms with Crippen molar-refractivity contribution in [3.63, 3.8) is 0 Å². The molecule has 1 saturated heterocycles. The average Bonchev–Trinajstić information content (AvgIpc) is 2.60. The number of hydrogen-bond acceptors (Lipinski definition) is 5. The topological polar surface area (TPSA) is 69.7 Å². The smallest absolute Gasteiger partial charge is 0.416 e. The van der Waals surface area contributed by atoms with Crippen molar-refractivity contribution in [3.05, 3.63) is 34.9 Å². The van der Waals surface area contributed by atoms with Crippen LogP contribution in [0.5, 0.6) is 0 Å². The highest BCUT2D eigenvalue weighted by Gasteiger charge is 2.55. The van der Waals surface area contributed by atoms with E-state index in [2.05, 4.69) is 0 Å². The van der Waals surface area contributed by atoms with E-state index in [0.29, 0.717) is 0 Å². The Morgan fingerprint density at radius 3 is 2.50 bits per heavy atom. The maximum absolute atomic E-state index is 13.1. The predicted octanol–water partition coefficient (Wildman–Crippen LogP) is 2.70. The van der Waals surface area contributed by atoms with Gasteiger partial charge in [0.15, 0.2) is 17.5 Å². The van der Waals surface area contributed by atoms with Crippen molar-refractivity contribution in [1.29, 1.82) is 0 Å². The first-order valence-corrected chi connectivity index (χ1v) is 8.27. The van der Waals surface area contributed by atoms with Gasteiger partial charge < -0.3 is 9.47 Å². The summed E-state index contributed by atoms with van der Waals surface area (Å²) in [5.41, 5.74) is -2.28. The van der Waals surface area contributed by atoms with Crippen molar-refractivity contribution < 1.29 is 37.0 Å². The SMILES string of the molecule is CCOC(=O)C1C(=O)c2ccc(C(F)(F)F)cc2C2(CCOCC2)C1=O. The Kier molecular flexibility index (Phi) is 4.64. The molecule has 140 valence electrons. The number of carbonyl (C=O) groups is 3. The first-order chi connectivity index (χ1) is 12.2. The summed E-state index contributed by atoms with van der Waals surface area (Å²) < 4.78 is 49.5. The quantitative estimate of drug-likeness (QED) is 0.591. The molecule has 0 saturated carbocycles. The number of alkyl halides is 3. The molecular weight excluding hydrogens is 353 g/mol. The van der Waals surface area contributed by atoms with E-state index in [9.17, 15) is 27.6 Å². The fraction of sp³-hybridized carbons (Fsp3) is 0.500. The van der Waals surface area contributed by atoms with E-state index in [0.717, 1.165) is 18.2 Å². The van der Waals surface area contributed by atoms with Gasteiger partial charge in [-0.1, -0.05) is 6.07 Å². The molecule has 1 fully saturated rings. The Hall–Kier alpha value is -2.22. The Labute approximate surface area is 147 Å². The highest BCUT2D eigenvalue weighted by molar-refractivity contribution is 6.28. The van der Waals surface area contributed by atoms with Crippen LogP contribution in [0.2, 0.25) is 0 Å². The third kappa shape index (κ3) is 2.82. The van der Waals surface area contributed by atoms with E-state index >= 15 is 0 Å². The summed E-state index contributed by atoms with van der Waals surface area (Å²) in [6.45, 7) is 1.85. The van der Waals surface area contributed by atoms with Crippen molar-refractivity contribution in [2.75, 3.05) is 19.8 Å². The number of Topliss-reactive ketones (excluding diaryl/α,β-unsaturated/α-hetero) is 2. The highest BCUT2D eigenvalue weighted by Crippen LogP contribution is 2.46. The fourth-order valence-corrected chi connectivity index (χ4v) is 3.69. The molecule has 5 nitrogen and oxygen atoms in total. The minimum absolute atomic E-state index is 0.00806. The summed E-state index contributed by atoms with van der Waals surface area (Å²) in [4.78, 5) is 38.0. The molecule has 0 bridgehead atoms. The molecule has 2 aliphatic rings. The summed E-state index contributed by atoms with van der Waals surface area (Å²) in [5.74, 6) is -4.11. The summed E-state index contributed by atoms with van der Waals surface area (Å²) >= 11 is 0. The van der Waals surface area contributed by atoms with Gasteiger partial charge in [-0.25, -0.2) is 0 Å². The molecule has 1 aromatic carbocycles. The molecule has 1 aromatic rings. The lowest BCUT2D eigenvalue weighted by molar-refractivity contribution is -0.152. The maximum atomic E-state index is 13.1. The van der Waals surface area contributed by atoms with E-state index in [4.69, 9.17) is 9.47 Å². The van der Waals surface area contributed by atoms with Crippen LogP contribution in [0.4, 0.5) is 13.2 Å². The molecule has 1 unspecified atom stereocenters. The van der Waals surface area contributed by atoms with Crippen molar-refractivity contribution in [3.8, 4) is 0 Å². The monoisotopic (exact) mass is 370 g/mol. The van der Waals surface area contributed by atoms with Crippen molar-refractivity contribution >= 4 is 17.5 Å². The third-order valence-corrected chi connectivity index (χ3v) is 4.99. The maximum Gasteiger partial charge on any atom is 0.416 e. The standard InChI is InChI=1S/C18H17F3O5/c1-2-26-16(24)13-14(22)11-4-3-10(18(19,20)21)9-12(11)17(15(13)23)5-7-25-8-6-17/h3-4,9,13H,2,5-8H2,1H3. The molecule has 26 heavy (non-hydrogen) atoms. The number of carbonyl (C=O) groups excluding carboxylic acids is 3. The number of halogens is 3. The predicted molar refractivity (Wildman–Crippen MR) is 82.6 cm³/mol. The molecule has 1 aliphatic heterocycles. The van der Waals surface area contributed by atoms with Crippen LogP contribution in [0.15, 0.2) is 18.2 Å². The summed E-state index contributed by atoms with van der Waals surface area (Å²) in [5, 5.41) is 0. The zero-order valence-electron chi connectivity index (χ0n) is 14.0. The number of rotatable bonds is 2. The van der Waals surface area contributed by atoms with Gasteiger partial charge in [-0.05, 0) is 37.5 Å². The fourth-order valence-electron chi connectivity index (χ4n) is 3.69. The minimum atomic E-state index is -4.61.